The van der Waals surface area contributed by atoms with E-state index in [9.17, 15) is 4.39 Å². The monoisotopic (exact) mass is 297 g/mol. The van der Waals surface area contributed by atoms with Gasteiger partial charge in [-0.1, -0.05) is 0 Å². The van der Waals surface area contributed by atoms with Crippen molar-refractivity contribution in [3.8, 4) is 0 Å². The van der Waals surface area contributed by atoms with Gasteiger partial charge in [0.2, 0.25) is 0 Å². The number of halogens is 1. The molecule has 1 N–H and O–H groups in total. The second-order valence-corrected chi connectivity index (χ2v) is 5.92. The third-order valence-corrected chi connectivity index (χ3v) is 3.92. The Hall–Kier alpha value is -2.36. The Morgan fingerprint density at radius 1 is 1.05 bits per heavy atom. The van der Waals surface area contributed by atoms with Crippen LogP contribution in [0.5, 0.6) is 0 Å². The summed E-state index contributed by atoms with van der Waals surface area (Å²) in [4.78, 5) is 4.57. The van der Waals surface area contributed by atoms with Crippen LogP contribution in [-0.2, 0) is 6.54 Å². The maximum Gasteiger partial charge on any atom is 0.160 e. The van der Waals surface area contributed by atoms with E-state index in [2.05, 4.69) is 29.5 Å². The van der Waals surface area contributed by atoms with E-state index in [1.54, 1.807) is 12.1 Å². The van der Waals surface area contributed by atoms with Crippen LogP contribution < -0.4 is 5.32 Å². The minimum Gasteiger partial charge on any atom is -0.378 e. The summed E-state index contributed by atoms with van der Waals surface area (Å²) >= 11 is 0. The van der Waals surface area contributed by atoms with Crippen molar-refractivity contribution in [2.45, 2.75) is 34.2 Å². The van der Waals surface area contributed by atoms with E-state index in [1.807, 2.05) is 31.4 Å². The van der Waals surface area contributed by atoms with Crippen molar-refractivity contribution >= 4 is 11.3 Å². The van der Waals surface area contributed by atoms with Crippen molar-refractivity contribution in [2.75, 3.05) is 5.32 Å². The zero-order valence-electron chi connectivity index (χ0n) is 13.4. The van der Waals surface area contributed by atoms with Crippen LogP contribution in [0.1, 0.15) is 27.9 Å². The maximum absolute atomic E-state index is 13.4. The first-order valence-corrected chi connectivity index (χ1v) is 7.39. The zero-order chi connectivity index (χ0) is 15.9. The van der Waals surface area contributed by atoms with Gasteiger partial charge in [-0.2, -0.15) is 0 Å². The molecule has 0 aliphatic carbocycles. The van der Waals surface area contributed by atoms with Crippen LogP contribution in [0.3, 0.4) is 0 Å². The Morgan fingerprint density at radius 3 is 2.41 bits per heavy atom. The molecule has 22 heavy (non-hydrogen) atoms. The van der Waals surface area contributed by atoms with Gasteiger partial charge in [-0.05, 0) is 68.1 Å². The number of imidazole rings is 1. The molecule has 3 aromatic rings. The second kappa shape index (κ2) is 5.44. The maximum atomic E-state index is 13.4. The molecule has 4 heteroatoms. The molecule has 0 amide bonds. The summed E-state index contributed by atoms with van der Waals surface area (Å²) in [5.41, 5.74) is 7.13. The van der Waals surface area contributed by atoms with Crippen molar-refractivity contribution in [3.05, 3.63) is 64.4 Å². The van der Waals surface area contributed by atoms with Gasteiger partial charge in [0.15, 0.2) is 5.65 Å². The van der Waals surface area contributed by atoms with Gasteiger partial charge in [0.05, 0.1) is 11.4 Å². The van der Waals surface area contributed by atoms with Gasteiger partial charge in [-0.3, -0.25) is 0 Å². The van der Waals surface area contributed by atoms with Gasteiger partial charge in [0.1, 0.15) is 5.82 Å². The number of anilines is 1. The average molecular weight is 297 g/mol. The molecule has 0 bridgehead atoms. The third-order valence-electron chi connectivity index (χ3n) is 3.92. The number of fused-ring (bicyclic) bond motifs is 1. The lowest BCUT2D eigenvalue weighted by Crippen LogP contribution is -2.06. The fourth-order valence-corrected chi connectivity index (χ4v) is 2.90. The number of nitrogens with zero attached hydrogens (tertiary/aromatic N) is 2. The van der Waals surface area contributed by atoms with E-state index >= 15 is 0 Å². The summed E-state index contributed by atoms with van der Waals surface area (Å²) in [6.45, 7) is 8.59. The summed E-state index contributed by atoms with van der Waals surface area (Å²) in [7, 11) is 0. The SMILES string of the molecule is Cc1cc(NCc2c(C)cc(F)cc2C)c2nc(C)cn2c1. The standard InChI is InChI=1S/C18H20FN3/c1-11-5-17(18-21-14(4)10-22(18)9-11)20-8-16-12(2)6-15(19)7-13(16)3/h5-7,9-10,20H,8H2,1-4H3. The molecule has 0 fully saturated rings. The molecule has 1 aromatic carbocycles. The first kappa shape index (κ1) is 14.6. The highest BCUT2D eigenvalue weighted by atomic mass is 19.1. The van der Waals surface area contributed by atoms with E-state index in [0.29, 0.717) is 6.54 Å². The van der Waals surface area contributed by atoms with Crippen molar-refractivity contribution < 1.29 is 4.39 Å². The van der Waals surface area contributed by atoms with E-state index in [1.165, 1.54) is 5.56 Å². The molecule has 3 rings (SSSR count). The number of rotatable bonds is 3. The number of hydrogen-bond donors (Lipinski definition) is 1. The molecule has 0 saturated heterocycles. The Bertz CT molecular complexity index is 826. The highest BCUT2D eigenvalue weighted by molar-refractivity contribution is 5.69. The molecule has 3 nitrogen and oxygen atoms in total. The van der Waals surface area contributed by atoms with Gasteiger partial charge in [0.25, 0.3) is 0 Å². The largest absolute Gasteiger partial charge is 0.378 e. The van der Waals surface area contributed by atoms with Crippen LogP contribution in [0, 0.1) is 33.5 Å². The lowest BCUT2D eigenvalue weighted by atomic mass is 10.0. The van der Waals surface area contributed by atoms with Gasteiger partial charge in [-0.25, -0.2) is 9.37 Å². The number of pyridine rings is 1. The van der Waals surface area contributed by atoms with E-state index in [-0.39, 0.29) is 5.82 Å². The predicted octanol–water partition coefficient (Wildman–Crippen LogP) is 4.32. The highest BCUT2D eigenvalue weighted by Crippen LogP contribution is 2.22. The van der Waals surface area contributed by atoms with Crippen LogP contribution in [-0.4, -0.2) is 9.38 Å². The predicted molar refractivity (Wildman–Crippen MR) is 87.9 cm³/mol. The van der Waals surface area contributed by atoms with Crippen LogP contribution in [0.2, 0.25) is 0 Å². The Kier molecular flexibility index (Phi) is 3.61. The Morgan fingerprint density at radius 2 is 1.73 bits per heavy atom. The average Bonchev–Trinajstić information content (AvgIpc) is 2.77. The third kappa shape index (κ3) is 2.69. The smallest absolute Gasteiger partial charge is 0.160 e. The molecule has 0 saturated carbocycles. The van der Waals surface area contributed by atoms with Gasteiger partial charge in [0, 0.05) is 18.9 Å². The van der Waals surface area contributed by atoms with Gasteiger partial charge < -0.3 is 9.72 Å². The van der Waals surface area contributed by atoms with Crippen LogP contribution in [0.15, 0.2) is 30.6 Å². The zero-order valence-corrected chi connectivity index (χ0v) is 13.4. The van der Waals surface area contributed by atoms with Crippen molar-refractivity contribution in [3.63, 3.8) is 0 Å². The number of aryl methyl sites for hydroxylation is 4. The molecule has 0 aliphatic rings. The summed E-state index contributed by atoms with van der Waals surface area (Å²) in [6, 6.07) is 5.25. The van der Waals surface area contributed by atoms with Gasteiger partial charge >= 0.3 is 0 Å². The van der Waals surface area contributed by atoms with Crippen LogP contribution >= 0.6 is 0 Å². The molecule has 0 spiro atoms. The lowest BCUT2D eigenvalue weighted by Gasteiger charge is -2.13. The van der Waals surface area contributed by atoms with Crippen molar-refractivity contribution in [1.82, 2.24) is 9.38 Å². The number of aromatic nitrogens is 2. The molecule has 2 heterocycles. The summed E-state index contributed by atoms with van der Waals surface area (Å²) in [5.74, 6) is -0.180. The molecule has 0 radical (unpaired) electrons. The first-order chi connectivity index (χ1) is 10.4. The molecular weight excluding hydrogens is 277 g/mol. The van der Waals surface area contributed by atoms with Crippen LogP contribution in [0.25, 0.3) is 5.65 Å². The van der Waals surface area contributed by atoms with Crippen molar-refractivity contribution in [1.29, 1.82) is 0 Å². The second-order valence-electron chi connectivity index (χ2n) is 5.92. The van der Waals surface area contributed by atoms with Gasteiger partial charge in [-0.15, -0.1) is 0 Å². The molecule has 114 valence electrons. The van der Waals surface area contributed by atoms with E-state index < -0.39 is 0 Å². The number of benzene rings is 1. The minimum absolute atomic E-state index is 0.180. The first-order valence-electron chi connectivity index (χ1n) is 7.39. The molecule has 0 unspecified atom stereocenters. The normalized spacial score (nSPS) is 11.1. The number of hydrogen-bond acceptors (Lipinski definition) is 2. The van der Waals surface area contributed by atoms with Crippen LogP contribution in [0.4, 0.5) is 10.1 Å². The van der Waals surface area contributed by atoms with E-state index in [4.69, 9.17) is 0 Å². The quantitative estimate of drug-likeness (QED) is 0.780. The fraction of sp³-hybridized carbons (Fsp3) is 0.278. The minimum atomic E-state index is -0.180. The molecular formula is C18H20FN3. The molecule has 0 atom stereocenters. The summed E-state index contributed by atoms with van der Waals surface area (Å²) < 4.78 is 15.4. The Balaban J connectivity index is 1.94. The summed E-state index contributed by atoms with van der Waals surface area (Å²) in [6.07, 6.45) is 4.08. The lowest BCUT2D eigenvalue weighted by molar-refractivity contribution is 0.624. The topological polar surface area (TPSA) is 29.3 Å². The van der Waals surface area contributed by atoms with Crippen molar-refractivity contribution in [2.24, 2.45) is 0 Å². The highest BCUT2D eigenvalue weighted by Gasteiger charge is 2.09. The molecule has 0 aliphatic heterocycles. The fourth-order valence-electron chi connectivity index (χ4n) is 2.90. The Labute approximate surface area is 129 Å². The molecule has 2 aromatic heterocycles. The summed E-state index contributed by atoms with van der Waals surface area (Å²) in [5, 5.41) is 3.45. The number of nitrogens with one attached hydrogen (secondary N) is 1. The van der Waals surface area contributed by atoms with E-state index in [0.717, 1.165) is 33.7 Å².